The molecule has 3 aromatic rings. The molecule has 2 N–H and O–H groups in total. The molecule has 0 heterocycles. The molecule has 26 heavy (non-hydrogen) atoms. The molecule has 0 radical (unpaired) electrons. The number of benzene rings is 3. The van der Waals surface area contributed by atoms with E-state index in [1.807, 2.05) is 6.07 Å². The van der Waals surface area contributed by atoms with Gasteiger partial charge in [-0.2, -0.15) is 0 Å². The molecule has 130 valence electrons. The molecule has 0 aliphatic heterocycles. The highest BCUT2D eigenvalue weighted by Gasteiger charge is 2.53. The first-order chi connectivity index (χ1) is 12.8. The Bertz CT molecular complexity index is 886. The minimum absolute atomic E-state index is 0.313. The lowest BCUT2D eigenvalue weighted by Gasteiger charge is -2.52. The molecule has 2 nitrogen and oxygen atoms in total. The minimum atomic E-state index is -0.364. The summed E-state index contributed by atoms with van der Waals surface area (Å²) in [4.78, 5) is 0. The molecule has 0 fully saturated rings. The highest BCUT2D eigenvalue weighted by molar-refractivity contribution is 5.60. The third kappa shape index (κ3) is 2.19. The zero-order valence-electron chi connectivity index (χ0n) is 14.7. The van der Waals surface area contributed by atoms with Crippen molar-refractivity contribution in [3.8, 4) is 0 Å². The van der Waals surface area contributed by atoms with Gasteiger partial charge in [0.15, 0.2) is 0 Å². The number of fused-ring (bicyclic) bond motifs is 1. The summed E-state index contributed by atoms with van der Waals surface area (Å²) in [5.74, 6) is 0.313. The molecule has 6 rings (SSSR count). The van der Waals surface area contributed by atoms with E-state index in [0.717, 1.165) is 19.5 Å². The molecule has 0 saturated heterocycles. The van der Waals surface area contributed by atoms with E-state index in [0.29, 0.717) is 5.92 Å². The summed E-state index contributed by atoms with van der Waals surface area (Å²) >= 11 is 0. The first-order valence-electron chi connectivity index (χ1n) is 9.42. The summed E-state index contributed by atoms with van der Waals surface area (Å²) in [5.41, 5.74) is 6.27. The Morgan fingerprint density at radius 3 is 2.04 bits per heavy atom. The van der Waals surface area contributed by atoms with Crippen LogP contribution in [0, 0.1) is 0 Å². The van der Waals surface area contributed by atoms with Gasteiger partial charge in [-0.1, -0.05) is 78.9 Å². The van der Waals surface area contributed by atoms with Gasteiger partial charge in [0, 0.05) is 19.0 Å². The zero-order valence-corrected chi connectivity index (χ0v) is 14.7. The van der Waals surface area contributed by atoms with E-state index in [4.69, 9.17) is 0 Å². The highest BCUT2D eigenvalue weighted by atomic mass is 16.3. The highest BCUT2D eigenvalue weighted by Crippen LogP contribution is 2.55. The fourth-order valence-corrected chi connectivity index (χ4v) is 5.07. The van der Waals surface area contributed by atoms with Gasteiger partial charge >= 0.3 is 0 Å². The third-order valence-corrected chi connectivity index (χ3v) is 6.24. The van der Waals surface area contributed by atoms with E-state index in [9.17, 15) is 5.11 Å². The second-order valence-corrected chi connectivity index (χ2v) is 7.54. The largest absolute Gasteiger partial charge is 0.392 e. The van der Waals surface area contributed by atoms with E-state index in [-0.39, 0.29) is 11.5 Å². The second kappa shape index (κ2) is 6.08. The van der Waals surface area contributed by atoms with E-state index in [1.165, 1.54) is 27.8 Å². The fraction of sp³-hybridized carbons (Fsp3) is 0.250. The summed E-state index contributed by atoms with van der Waals surface area (Å²) in [6.45, 7) is 1.55. The maximum atomic E-state index is 11.2. The Labute approximate surface area is 154 Å². The molecule has 0 saturated carbocycles. The van der Waals surface area contributed by atoms with Crippen LogP contribution in [0.25, 0.3) is 0 Å². The summed E-state index contributed by atoms with van der Waals surface area (Å²) in [6, 6.07) is 27.8. The van der Waals surface area contributed by atoms with Crippen LogP contribution in [0.1, 0.15) is 40.2 Å². The maximum Gasteiger partial charge on any atom is 0.0699 e. The van der Waals surface area contributed by atoms with Gasteiger partial charge in [0.1, 0.15) is 0 Å². The van der Waals surface area contributed by atoms with E-state index in [1.54, 1.807) is 0 Å². The Balaban J connectivity index is 1.57. The molecule has 2 bridgehead atoms. The standard InChI is InChI=1S/C24H23NO/c26-23-14-20-18-10-4-6-12-21(18)24(23,22-13-7-5-11-19(20)22)16-25-15-17-8-2-1-3-9-17/h1-13,20,23,25-26H,14-16H2. The van der Waals surface area contributed by atoms with Crippen LogP contribution < -0.4 is 5.32 Å². The molecule has 0 aromatic heterocycles. The maximum absolute atomic E-state index is 11.2. The first-order valence-corrected chi connectivity index (χ1v) is 9.42. The Morgan fingerprint density at radius 2 is 1.38 bits per heavy atom. The van der Waals surface area contributed by atoms with Crippen molar-refractivity contribution in [2.24, 2.45) is 0 Å². The number of hydrogen-bond acceptors (Lipinski definition) is 2. The van der Waals surface area contributed by atoms with Gasteiger partial charge < -0.3 is 10.4 Å². The minimum Gasteiger partial charge on any atom is -0.392 e. The van der Waals surface area contributed by atoms with Gasteiger partial charge in [0.25, 0.3) is 0 Å². The normalized spacial score (nSPS) is 25.6. The van der Waals surface area contributed by atoms with Crippen molar-refractivity contribution in [1.82, 2.24) is 5.32 Å². The van der Waals surface area contributed by atoms with Gasteiger partial charge in [-0.25, -0.2) is 0 Å². The molecular weight excluding hydrogens is 318 g/mol. The van der Waals surface area contributed by atoms with E-state index >= 15 is 0 Å². The SMILES string of the molecule is OC1CC2c3ccccc3C1(CNCc1ccccc1)c1ccccc12. The molecule has 1 atom stereocenters. The lowest BCUT2D eigenvalue weighted by atomic mass is 9.54. The molecule has 0 spiro atoms. The van der Waals surface area contributed by atoms with Crippen LogP contribution in [-0.2, 0) is 12.0 Å². The van der Waals surface area contributed by atoms with Crippen LogP contribution in [-0.4, -0.2) is 17.8 Å². The Hall–Kier alpha value is -2.42. The molecule has 3 aliphatic carbocycles. The van der Waals surface area contributed by atoms with Crippen molar-refractivity contribution in [2.45, 2.75) is 30.4 Å². The topological polar surface area (TPSA) is 32.3 Å². The van der Waals surface area contributed by atoms with Crippen LogP contribution in [0.2, 0.25) is 0 Å². The van der Waals surface area contributed by atoms with Crippen LogP contribution >= 0.6 is 0 Å². The summed E-state index contributed by atoms with van der Waals surface area (Å²) in [5, 5.41) is 14.8. The summed E-state index contributed by atoms with van der Waals surface area (Å²) in [6.07, 6.45) is 0.446. The Kier molecular flexibility index (Phi) is 3.70. The van der Waals surface area contributed by atoms with Gasteiger partial charge in [0.2, 0.25) is 0 Å². The first kappa shape index (κ1) is 15.8. The lowest BCUT2D eigenvalue weighted by Crippen LogP contribution is -2.55. The number of rotatable bonds is 4. The monoisotopic (exact) mass is 341 g/mol. The predicted octanol–water partition coefficient (Wildman–Crippen LogP) is 3.97. The number of nitrogens with one attached hydrogen (secondary N) is 1. The molecule has 0 amide bonds. The molecule has 1 unspecified atom stereocenters. The number of hydrogen-bond donors (Lipinski definition) is 2. The Morgan fingerprint density at radius 1 is 0.808 bits per heavy atom. The van der Waals surface area contributed by atoms with Crippen molar-refractivity contribution in [3.05, 3.63) is 107 Å². The van der Waals surface area contributed by atoms with Crippen molar-refractivity contribution in [1.29, 1.82) is 0 Å². The van der Waals surface area contributed by atoms with Gasteiger partial charge in [-0.15, -0.1) is 0 Å². The van der Waals surface area contributed by atoms with Gasteiger partial charge in [-0.05, 0) is 34.2 Å². The summed E-state index contributed by atoms with van der Waals surface area (Å²) in [7, 11) is 0. The van der Waals surface area contributed by atoms with Crippen molar-refractivity contribution in [2.75, 3.05) is 6.54 Å². The summed E-state index contributed by atoms with van der Waals surface area (Å²) < 4.78 is 0. The van der Waals surface area contributed by atoms with Crippen LogP contribution in [0.3, 0.4) is 0 Å². The number of aliphatic hydroxyl groups is 1. The van der Waals surface area contributed by atoms with Gasteiger partial charge in [-0.3, -0.25) is 0 Å². The van der Waals surface area contributed by atoms with Crippen LogP contribution in [0.5, 0.6) is 0 Å². The smallest absolute Gasteiger partial charge is 0.0699 e. The third-order valence-electron chi connectivity index (χ3n) is 6.24. The predicted molar refractivity (Wildman–Crippen MR) is 104 cm³/mol. The van der Waals surface area contributed by atoms with Crippen molar-refractivity contribution in [3.63, 3.8) is 0 Å². The quantitative estimate of drug-likeness (QED) is 0.752. The average Bonchev–Trinajstić information content (AvgIpc) is 2.70. The van der Waals surface area contributed by atoms with Crippen molar-refractivity contribution < 1.29 is 5.11 Å². The second-order valence-electron chi connectivity index (χ2n) is 7.54. The molecule has 3 aromatic carbocycles. The molecule has 3 aliphatic rings. The van der Waals surface area contributed by atoms with E-state index < -0.39 is 0 Å². The molecular formula is C24H23NO. The van der Waals surface area contributed by atoms with Crippen LogP contribution in [0.15, 0.2) is 78.9 Å². The molecule has 2 heteroatoms. The lowest BCUT2D eigenvalue weighted by molar-refractivity contribution is 0.0675. The van der Waals surface area contributed by atoms with Crippen LogP contribution in [0.4, 0.5) is 0 Å². The van der Waals surface area contributed by atoms with Crippen molar-refractivity contribution >= 4 is 0 Å². The number of aliphatic hydroxyl groups excluding tert-OH is 1. The van der Waals surface area contributed by atoms with E-state index in [2.05, 4.69) is 78.1 Å². The van der Waals surface area contributed by atoms with Gasteiger partial charge in [0.05, 0.1) is 11.5 Å². The fourth-order valence-electron chi connectivity index (χ4n) is 5.07. The average molecular weight is 341 g/mol. The zero-order chi connectivity index (χ0) is 17.6.